The van der Waals surface area contributed by atoms with Gasteiger partial charge in [-0.25, -0.2) is 4.79 Å². The van der Waals surface area contributed by atoms with Crippen LogP contribution in [-0.4, -0.2) is 18.2 Å². The first-order valence-electron chi connectivity index (χ1n) is 5.17. The van der Waals surface area contributed by atoms with Crippen molar-refractivity contribution < 1.29 is 14.6 Å². The van der Waals surface area contributed by atoms with Gasteiger partial charge in [-0.15, -0.1) is 0 Å². The third kappa shape index (κ3) is 2.63. The van der Waals surface area contributed by atoms with Crippen molar-refractivity contribution in [3.8, 4) is 5.75 Å². The van der Waals surface area contributed by atoms with E-state index in [0.29, 0.717) is 12.0 Å². The van der Waals surface area contributed by atoms with E-state index in [9.17, 15) is 4.79 Å². The summed E-state index contributed by atoms with van der Waals surface area (Å²) < 4.78 is 5.06. The molecule has 1 aromatic rings. The molecule has 0 aliphatic rings. The maximum Gasteiger partial charge on any atom is 0.331 e. The summed E-state index contributed by atoms with van der Waals surface area (Å²) in [5.41, 5.74) is 2.19. The summed E-state index contributed by atoms with van der Waals surface area (Å²) in [4.78, 5) is 10.9. The Morgan fingerprint density at radius 1 is 1.31 bits per heavy atom. The molecule has 0 unspecified atom stereocenters. The summed E-state index contributed by atoms with van der Waals surface area (Å²) in [5.74, 6) is -0.0974. The van der Waals surface area contributed by atoms with Crippen LogP contribution < -0.4 is 4.74 Å². The molecule has 0 heterocycles. The summed E-state index contributed by atoms with van der Waals surface area (Å²) in [6.45, 7) is 3.58. The fraction of sp³-hybridized carbons (Fsp3) is 0.308. The smallest absolute Gasteiger partial charge is 0.331 e. The van der Waals surface area contributed by atoms with Gasteiger partial charge in [-0.2, -0.15) is 0 Å². The second-order valence-corrected chi connectivity index (χ2v) is 3.49. The molecule has 0 atom stereocenters. The number of carbonyl (C=O) groups is 1. The Kier molecular flexibility index (Phi) is 4.11. The van der Waals surface area contributed by atoms with Crippen LogP contribution in [0.1, 0.15) is 25.8 Å². The van der Waals surface area contributed by atoms with Crippen molar-refractivity contribution in [2.75, 3.05) is 7.11 Å². The number of hydrogen-bond acceptors (Lipinski definition) is 2. The van der Waals surface area contributed by atoms with E-state index in [1.165, 1.54) is 0 Å². The average Bonchev–Trinajstić information content (AvgIpc) is 2.30. The molecule has 1 N–H and O–H groups in total. The normalized spacial score (nSPS) is 11.9. The molecule has 0 aliphatic carbocycles. The van der Waals surface area contributed by atoms with E-state index < -0.39 is 5.97 Å². The van der Waals surface area contributed by atoms with Gasteiger partial charge in [0.15, 0.2) is 0 Å². The highest BCUT2D eigenvalue weighted by Gasteiger charge is 2.09. The van der Waals surface area contributed by atoms with Crippen molar-refractivity contribution >= 4 is 11.5 Å². The summed E-state index contributed by atoms with van der Waals surface area (Å²) in [6.07, 6.45) is 0.699. The molecule has 0 saturated carbocycles. The van der Waals surface area contributed by atoms with E-state index in [4.69, 9.17) is 9.84 Å². The molecule has 0 radical (unpaired) electrons. The van der Waals surface area contributed by atoms with E-state index in [1.54, 1.807) is 14.0 Å². The summed E-state index contributed by atoms with van der Waals surface area (Å²) in [5, 5.41) is 8.96. The second kappa shape index (κ2) is 5.35. The third-order valence-corrected chi connectivity index (χ3v) is 2.57. The minimum absolute atomic E-state index is 0.396. The van der Waals surface area contributed by atoms with Crippen molar-refractivity contribution in [3.05, 3.63) is 35.4 Å². The van der Waals surface area contributed by atoms with Crippen LogP contribution in [0.25, 0.3) is 5.57 Å². The number of carboxylic acid groups (broad SMARTS) is 1. The van der Waals surface area contributed by atoms with Crippen LogP contribution in [0.2, 0.25) is 0 Å². The van der Waals surface area contributed by atoms with Gasteiger partial charge in [0, 0.05) is 5.57 Å². The molecule has 86 valence electrons. The topological polar surface area (TPSA) is 46.5 Å². The standard InChI is InChI=1S/C13H16O3/c1-4-12(9(2)13(14)15)10-5-7-11(16-3)8-6-10/h5-8H,4H2,1-3H3,(H,14,15)/b12-9-. The van der Waals surface area contributed by atoms with Crippen LogP contribution in [0.15, 0.2) is 29.8 Å². The lowest BCUT2D eigenvalue weighted by Crippen LogP contribution is -2.00. The highest BCUT2D eigenvalue weighted by Crippen LogP contribution is 2.24. The van der Waals surface area contributed by atoms with Crippen molar-refractivity contribution in [1.82, 2.24) is 0 Å². The van der Waals surface area contributed by atoms with E-state index >= 15 is 0 Å². The fourth-order valence-corrected chi connectivity index (χ4v) is 1.61. The van der Waals surface area contributed by atoms with Gasteiger partial charge in [0.05, 0.1) is 7.11 Å². The number of ether oxygens (including phenoxy) is 1. The lowest BCUT2D eigenvalue weighted by molar-refractivity contribution is -0.132. The molecule has 0 aliphatic heterocycles. The molecular formula is C13H16O3. The van der Waals surface area contributed by atoms with E-state index in [2.05, 4.69) is 0 Å². The van der Waals surface area contributed by atoms with Gasteiger partial charge in [-0.05, 0) is 36.6 Å². The van der Waals surface area contributed by atoms with Crippen LogP contribution in [0.5, 0.6) is 5.75 Å². The molecule has 3 nitrogen and oxygen atoms in total. The highest BCUT2D eigenvalue weighted by molar-refractivity contribution is 5.95. The molecule has 1 aromatic carbocycles. The van der Waals surface area contributed by atoms with Crippen LogP contribution >= 0.6 is 0 Å². The summed E-state index contributed by atoms with van der Waals surface area (Å²) in [6, 6.07) is 7.43. The van der Waals surface area contributed by atoms with Gasteiger partial charge in [-0.1, -0.05) is 19.1 Å². The lowest BCUT2D eigenvalue weighted by Gasteiger charge is -2.08. The fourth-order valence-electron chi connectivity index (χ4n) is 1.61. The quantitative estimate of drug-likeness (QED) is 0.793. The Morgan fingerprint density at radius 3 is 2.25 bits per heavy atom. The number of benzene rings is 1. The van der Waals surface area contributed by atoms with Crippen molar-refractivity contribution in [2.24, 2.45) is 0 Å². The van der Waals surface area contributed by atoms with E-state index in [0.717, 1.165) is 16.9 Å². The van der Waals surface area contributed by atoms with Gasteiger partial charge in [0.2, 0.25) is 0 Å². The lowest BCUT2D eigenvalue weighted by atomic mass is 9.98. The molecule has 1 rings (SSSR count). The Labute approximate surface area is 95.4 Å². The molecule has 0 bridgehead atoms. The van der Waals surface area contributed by atoms with E-state index in [1.807, 2.05) is 31.2 Å². The van der Waals surface area contributed by atoms with Gasteiger partial charge >= 0.3 is 5.97 Å². The predicted octanol–water partition coefficient (Wildman–Crippen LogP) is 2.96. The minimum Gasteiger partial charge on any atom is -0.497 e. The Balaban J connectivity index is 3.14. The van der Waals surface area contributed by atoms with Crippen molar-refractivity contribution in [1.29, 1.82) is 0 Å². The van der Waals surface area contributed by atoms with Gasteiger partial charge in [0.1, 0.15) is 5.75 Å². The first-order chi connectivity index (χ1) is 7.60. The molecule has 0 amide bonds. The number of hydrogen-bond donors (Lipinski definition) is 1. The molecular weight excluding hydrogens is 204 g/mol. The van der Waals surface area contributed by atoms with Gasteiger partial charge in [0.25, 0.3) is 0 Å². The Hall–Kier alpha value is -1.77. The Morgan fingerprint density at radius 2 is 1.88 bits per heavy atom. The van der Waals surface area contributed by atoms with Gasteiger partial charge in [-0.3, -0.25) is 0 Å². The van der Waals surface area contributed by atoms with Crippen molar-refractivity contribution in [2.45, 2.75) is 20.3 Å². The number of allylic oxidation sites excluding steroid dienone is 1. The molecule has 0 aromatic heterocycles. The van der Waals surface area contributed by atoms with Gasteiger partial charge < -0.3 is 9.84 Å². The SMILES string of the molecule is CC/C(=C(\C)C(=O)O)c1ccc(OC)cc1. The number of aliphatic carboxylic acids is 1. The zero-order chi connectivity index (χ0) is 12.1. The number of rotatable bonds is 4. The summed E-state index contributed by atoms with van der Waals surface area (Å²) in [7, 11) is 1.61. The van der Waals surface area contributed by atoms with Crippen LogP contribution in [0.3, 0.4) is 0 Å². The van der Waals surface area contributed by atoms with Crippen LogP contribution in [0.4, 0.5) is 0 Å². The Bertz CT molecular complexity index is 402. The zero-order valence-corrected chi connectivity index (χ0v) is 9.78. The monoisotopic (exact) mass is 220 g/mol. The molecule has 16 heavy (non-hydrogen) atoms. The molecule has 0 spiro atoms. The first-order valence-corrected chi connectivity index (χ1v) is 5.17. The molecule has 3 heteroatoms. The number of carboxylic acids is 1. The largest absolute Gasteiger partial charge is 0.497 e. The summed E-state index contributed by atoms with van der Waals surface area (Å²) >= 11 is 0. The second-order valence-electron chi connectivity index (χ2n) is 3.49. The third-order valence-electron chi connectivity index (χ3n) is 2.57. The van der Waals surface area contributed by atoms with Crippen LogP contribution in [0, 0.1) is 0 Å². The van der Waals surface area contributed by atoms with Crippen molar-refractivity contribution in [3.63, 3.8) is 0 Å². The predicted molar refractivity (Wildman–Crippen MR) is 63.5 cm³/mol. The first kappa shape index (κ1) is 12.3. The number of methoxy groups -OCH3 is 1. The minimum atomic E-state index is -0.868. The highest BCUT2D eigenvalue weighted by atomic mass is 16.5. The van der Waals surface area contributed by atoms with E-state index in [-0.39, 0.29) is 0 Å². The maximum atomic E-state index is 10.9. The molecule has 0 saturated heterocycles. The zero-order valence-electron chi connectivity index (χ0n) is 9.78. The maximum absolute atomic E-state index is 10.9. The van der Waals surface area contributed by atoms with Crippen LogP contribution in [-0.2, 0) is 4.79 Å². The molecule has 0 fully saturated rings. The average molecular weight is 220 g/mol.